The fourth-order valence-electron chi connectivity index (χ4n) is 1.65. The largest absolute Gasteiger partial charge is 0.485 e. The zero-order chi connectivity index (χ0) is 13.0. The van der Waals surface area contributed by atoms with Crippen molar-refractivity contribution in [2.24, 2.45) is 0 Å². The van der Waals surface area contributed by atoms with Gasteiger partial charge in [0.05, 0.1) is 17.3 Å². The predicted octanol–water partition coefficient (Wildman–Crippen LogP) is 3.11. The first-order valence-corrected chi connectivity index (χ1v) is 6.01. The van der Waals surface area contributed by atoms with Gasteiger partial charge in [-0.05, 0) is 24.6 Å². The minimum atomic E-state index is -0.100. The van der Waals surface area contributed by atoms with Crippen molar-refractivity contribution in [3.05, 3.63) is 58.4 Å². The van der Waals surface area contributed by atoms with E-state index in [4.69, 9.17) is 16.3 Å². The Morgan fingerprint density at radius 3 is 2.83 bits per heavy atom. The Balaban J connectivity index is 2.18. The second kappa shape index (κ2) is 5.85. The normalized spacial score (nSPS) is 10.4. The van der Waals surface area contributed by atoms with E-state index in [1.807, 2.05) is 19.1 Å². The van der Waals surface area contributed by atoms with E-state index in [2.05, 4.69) is 4.98 Å². The summed E-state index contributed by atoms with van der Waals surface area (Å²) in [4.78, 5) is 4.25. The van der Waals surface area contributed by atoms with Gasteiger partial charge in [0.25, 0.3) is 0 Å². The molecule has 0 unspecified atom stereocenters. The smallest absolute Gasteiger partial charge is 0.143 e. The molecule has 0 radical (unpaired) electrons. The van der Waals surface area contributed by atoms with E-state index in [0.717, 1.165) is 11.3 Å². The van der Waals surface area contributed by atoms with Gasteiger partial charge in [-0.3, -0.25) is 4.98 Å². The molecule has 0 aliphatic rings. The topological polar surface area (TPSA) is 42.4 Å². The second-order valence-electron chi connectivity index (χ2n) is 3.94. The van der Waals surface area contributed by atoms with Crippen LogP contribution < -0.4 is 4.74 Å². The van der Waals surface area contributed by atoms with Crippen molar-refractivity contribution in [3.8, 4) is 5.75 Å². The summed E-state index contributed by atoms with van der Waals surface area (Å²) in [5.41, 5.74) is 2.60. The molecule has 4 heteroatoms. The molecule has 0 spiro atoms. The summed E-state index contributed by atoms with van der Waals surface area (Å²) >= 11 is 6.06. The third-order valence-corrected chi connectivity index (χ3v) is 2.99. The maximum absolute atomic E-state index is 9.24. The van der Waals surface area contributed by atoms with Gasteiger partial charge in [-0.25, -0.2) is 0 Å². The Hall–Kier alpha value is -1.58. The third-order valence-electron chi connectivity index (χ3n) is 2.69. The van der Waals surface area contributed by atoms with Crippen LogP contribution in [0, 0.1) is 6.92 Å². The SMILES string of the molecule is Cc1cccnc1COc1c(Cl)cccc1CO. The van der Waals surface area contributed by atoms with E-state index in [0.29, 0.717) is 22.9 Å². The Labute approximate surface area is 111 Å². The number of ether oxygens (including phenoxy) is 1. The fraction of sp³-hybridized carbons (Fsp3) is 0.214. The second-order valence-corrected chi connectivity index (χ2v) is 4.35. The van der Waals surface area contributed by atoms with E-state index >= 15 is 0 Å². The van der Waals surface area contributed by atoms with Crippen LogP contribution in [0.2, 0.25) is 5.02 Å². The van der Waals surface area contributed by atoms with Crippen LogP contribution in [0.1, 0.15) is 16.8 Å². The molecule has 2 aromatic rings. The van der Waals surface area contributed by atoms with Crippen LogP contribution in [0.5, 0.6) is 5.75 Å². The third kappa shape index (κ3) is 2.81. The van der Waals surface area contributed by atoms with Gasteiger partial charge in [0.2, 0.25) is 0 Å². The molecule has 0 amide bonds. The number of halogens is 1. The molecule has 0 atom stereocenters. The van der Waals surface area contributed by atoms with Crippen molar-refractivity contribution in [3.63, 3.8) is 0 Å². The summed E-state index contributed by atoms with van der Waals surface area (Å²) in [5, 5.41) is 9.74. The summed E-state index contributed by atoms with van der Waals surface area (Å²) in [5.74, 6) is 0.520. The average molecular weight is 264 g/mol. The van der Waals surface area contributed by atoms with Gasteiger partial charge in [-0.1, -0.05) is 29.8 Å². The maximum Gasteiger partial charge on any atom is 0.143 e. The number of para-hydroxylation sites is 1. The number of aromatic nitrogens is 1. The Morgan fingerprint density at radius 1 is 1.28 bits per heavy atom. The highest BCUT2D eigenvalue weighted by atomic mass is 35.5. The van der Waals surface area contributed by atoms with Gasteiger partial charge in [-0.2, -0.15) is 0 Å². The van der Waals surface area contributed by atoms with E-state index in [9.17, 15) is 5.11 Å². The molecule has 0 aliphatic carbocycles. The van der Waals surface area contributed by atoms with Gasteiger partial charge in [0.1, 0.15) is 12.4 Å². The van der Waals surface area contributed by atoms with Crippen molar-refractivity contribution < 1.29 is 9.84 Å². The van der Waals surface area contributed by atoms with Crippen LogP contribution in [-0.4, -0.2) is 10.1 Å². The lowest BCUT2D eigenvalue weighted by Crippen LogP contribution is -2.03. The minimum Gasteiger partial charge on any atom is -0.485 e. The van der Waals surface area contributed by atoms with Crippen LogP contribution >= 0.6 is 11.6 Å². The molecule has 94 valence electrons. The zero-order valence-corrected chi connectivity index (χ0v) is 10.8. The van der Waals surface area contributed by atoms with Crippen molar-refractivity contribution in [2.75, 3.05) is 0 Å². The van der Waals surface area contributed by atoms with Crippen LogP contribution in [-0.2, 0) is 13.2 Å². The lowest BCUT2D eigenvalue weighted by Gasteiger charge is -2.12. The van der Waals surface area contributed by atoms with Gasteiger partial charge in [-0.15, -0.1) is 0 Å². The molecule has 1 aromatic carbocycles. The molecule has 0 saturated carbocycles. The molecule has 1 heterocycles. The van der Waals surface area contributed by atoms with Gasteiger partial charge >= 0.3 is 0 Å². The molecule has 0 fully saturated rings. The number of rotatable bonds is 4. The fourth-order valence-corrected chi connectivity index (χ4v) is 1.90. The lowest BCUT2D eigenvalue weighted by atomic mass is 10.2. The first-order chi connectivity index (χ1) is 8.72. The first-order valence-electron chi connectivity index (χ1n) is 5.64. The van der Waals surface area contributed by atoms with Crippen molar-refractivity contribution in [2.45, 2.75) is 20.1 Å². The highest BCUT2D eigenvalue weighted by Gasteiger charge is 2.09. The van der Waals surface area contributed by atoms with Crippen LogP contribution in [0.3, 0.4) is 0 Å². The Kier molecular flexibility index (Phi) is 4.18. The molecule has 0 saturated heterocycles. The number of hydrogen-bond acceptors (Lipinski definition) is 3. The minimum absolute atomic E-state index is 0.100. The summed E-state index contributed by atoms with van der Waals surface area (Å²) < 4.78 is 5.67. The highest BCUT2D eigenvalue weighted by molar-refractivity contribution is 6.32. The number of nitrogens with zero attached hydrogens (tertiary/aromatic N) is 1. The summed E-state index contributed by atoms with van der Waals surface area (Å²) in [6.45, 7) is 2.21. The molecule has 2 rings (SSSR count). The molecular formula is C14H14ClNO2. The highest BCUT2D eigenvalue weighted by Crippen LogP contribution is 2.29. The summed E-state index contributed by atoms with van der Waals surface area (Å²) in [6, 6.07) is 9.17. The molecule has 0 aliphatic heterocycles. The first kappa shape index (κ1) is 12.9. The summed E-state index contributed by atoms with van der Waals surface area (Å²) in [7, 11) is 0. The predicted molar refractivity (Wildman–Crippen MR) is 70.7 cm³/mol. The number of aliphatic hydroxyl groups excluding tert-OH is 1. The van der Waals surface area contributed by atoms with Crippen molar-refractivity contribution >= 4 is 11.6 Å². The maximum atomic E-state index is 9.24. The number of aliphatic hydroxyl groups is 1. The quantitative estimate of drug-likeness (QED) is 0.922. The number of hydrogen-bond donors (Lipinski definition) is 1. The van der Waals surface area contributed by atoms with Crippen LogP contribution in [0.25, 0.3) is 0 Å². The molecule has 1 N–H and O–H groups in total. The number of pyridine rings is 1. The van der Waals surface area contributed by atoms with E-state index in [1.54, 1.807) is 24.4 Å². The standard InChI is InChI=1S/C14H14ClNO2/c1-10-4-3-7-16-13(10)9-18-14-11(8-17)5-2-6-12(14)15/h2-7,17H,8-9H2,1H3. The summed E-state index contributed by atoms with van der Waals surface area (Å²) in [6.07, 6.45) is 1.73. The van der Waals surface area contributed by atoms with E-state index in [1.165, 1.54) is 0 Å². The van der Waals surface area contributed by atoms with Gasteiger partial charge in [0, 0.05) is 11.8 Å². The van der Waals surface area contributed by atoms with Crippen molar-refractivity contribution in [1.29, 1.82) is 0 Å². The van der Waals surface area contributed by atoms with E-state index in [-0.39, 0.29) is 6.61 Å². The average Bonchev–Trinajstić information content (AvgIpc) is 2.39. The Morgan fingerprint density at radius 2 is 2.11 bits per heavy atom. The lowest BCUT2D eigenvalue weighted by molar-refractivity contribution is 0.257. The van der Waals surface area contributed by atoms with E-state index < -0.39 is 0 Å². The van der Waals surface area contributed by atoms with Crippen molar-refractivity contribution in [1.82, 2.24) is 4.98 Å². The van der Waals surface area contributed by atoms with Gasteiger partial charge in [0.15, 0.2) is 0 Å². The number of benzene rings is 1. The molecule has 0 bridgehead atoms. The van der Waals surface area contributed by atoms with Gasteiger partial charge < -0.3 is 9.84 Å². The molecular weight excluding hydrogens is 250 g/mol. The Bertz CT molecular complexity index is 543. The molecule has 1 aromatic heterocycles. The zero-order valence-electron chi connectivity index (χ0n) is 10.1. The number of aryl methyl sites for hydroxylation is 1. The van der Waals surface area contributed by atoms with Crippen LogP contribution in [0.4, 0.5) is 0 Å². The monoisotopic (exact) mass is 263 g/mol. The molecule has 18 heavy (non-hydrogen) atoms. The molecule has 3 nitrogen and oxygen atoms in total. The van der Waals surface area contributed by atoms with Crippen LogP contribution in [0.15, 0.2) is 36.5 Å².